The lowest BCUT2D eigenvalue weighted by molar-refractivity contribution is 0.0441. The van der Waals surface area contributed by atoms with Gasteiger partial charge in [-0.25, -0.2) is 4.39 Å². The van der Waals surface area contributed by atoms with Crippen molar-refractivity contribution in [1.29, 1.82) is 0 Å². The summed E-state index contributed by atoms with van der Waals surface area (Å²) in [4.78, 5) is 2.54. The highest BCUT2D eigenvalue weighted by molar-refractivity contribution is 5.64. The fourth-order valence-electron chi connectivity index (χ4n) is 4.19. The molecule has 1 fully saturated rings. The Hall–Kier alpha value is -1.71. The van der Waals surface area contributed by atoms with Crippen molar-refractivity contribution in [2.75, 3.05) is 13.1 Å². The highest BCUT2D eigenvalue weighted by atomic mass is 19.1. The maximum absolute atomic E-state index is 14.6. The molecule has 0 heterocycles. The van der Waals surface area contributed by atoms with E-state index in [0.29, 0.717) is 18.3 Å². The molecule has 1 aliphatic carbocycles. The van der Waals surface area contributed by atoms with Crippen molar-refractivity contribution in [1.82, 2.24) is 4.90 Å². The van der Waals surface area contributed by atoms with Gasteiger partial charge in [0.05, 0.1) is 12.7 Å². The minimum atomic E-state index is -0.169. The Bertz CT molecular complexity index is 765. The normalized spacial score (nSPS) is 14.9. The van der Waals surface area contributed by atoms with Gasteiger partial charge in [-0.15, -0.1) is 0 Å². The Morgan fingerprint density at radius 1 is 1.00 bits per heavy atom. The maximum atomic E-state index is 14.6. The maximum Gasteiger partial charge on any atom is 0.129 e. The van der Waals surface area contributed by atoms with E-state index >= 15 is 0 Å². The molecule has 0 unspecified atom stereocenters. The molecule has 0 radical (unpaired) electrons. The third-order valence-electron chi connectivity index (χ3n) is 6.09. The van der Waals surface area contributed by atoms with Crippen LogP contribution in [0.5, 0.6) is 0 Å². The summed E-state index contributed by atoms with van der Waals surface area (Å²) in [5, 5.41) is 0. The summed E-state index contributed by atoms with van der Waals surface area (Å²) < 4.78 is 20.5. The van der Waals surface area contributed by atoms with Gasteiger partial charge in [-0.05, 0) is 67.4 Å². The zero-order valence-corrected chi connectivity index (χ0v) is 19.0. The number of benzene rings is 2. The van der Waals surface area contributed by atoms with Crippen LogP contribution in [0.2, 0.25) is 0 Å². The number of halogens is 1. The molecular weight excluding hydrogens is 373 g/mol. The second kappa shape index (κ2) is 11.6. The molecular formula is C27H38FNO. The van der Waals surface area contributed by atoms with Gasteiger partial charge in [0.2, 0.25) is 0 Å². The van der Waals surface area contributed by atoms with Crippen molar-refractivity contribution >= 4 is 0 Å². The third kappa shape index (κ3) is 6.92. The van der Waals surface area contributed by atoms with E-state index in [2.05, 4.69) is 49.9 Å². The molecule has 30 heavy (non-hydrogen) atoms. The van der Waals surface area contributed by atoms with Crippen molar-refractivity contribution in [3.8, 4) is 11.1 Å². The topological polar surface area (TPSA) is 12.5 Å². The lowest BCUT2D eigenvalue weighted by Gasteiger charge is -2.23. The minimum absolute atomic E-state index is 0.169. The number of ether oxygens (including phenoxy) is 1. The van der Waals surface area contributed by atoms with Crippen molar-refractivity contribution in [2.24, 2.45) is 5.92 Å². The van der Waals surface area contributed by atoms with Crippen LogP contribution in [-0.4, -0.2) is 24.1 Å². The Labute approximate surface area is 182 Å². The average Bonchev–Trinajstić information content (AvgIpc) is 3.25. The molecule has 0 amide bonds. The van der Waals surface area contributed by atoms with Crippen molar-refractivity contribution in [3.63, 3.8) is 0 Å². The lowest BCUT2D eigenvalue weighted by atomic mass is 10.0. The molecule has 0 N–H and O–H groups in total. The van der Waals surface area contributed by atoms with Gasteiger partial charge in [0.1, 0.15) is 5.82 Å². The Morgan fingerprint density at radius 3 is 2.33 bits per heavy atom. The molecule has 1 aliphatic rings. The molecule has 0 atom stereocenters. The Kier molecular flexibility index (Phi) is 8.89. The Balaban J connectivity index is 1.59. The molecule has 3 heteroatoms. The zero-order valence-electron chi connectivity index (χ0n) is 19.0. The van der Waals surface area contributed by atoms with Gasteiger partial charge in [-0.3, -0.25) is 4.90 Å². The van der Waals surface area contributed by atoms with Crippen LogP contribution in [0.15, 0.2) is 42.5 Å². The van der Waals surface area contributed by atoms with Crippen LogP contribution in [0, 0.1) is 11.7 Å². The van der Waals surface area contributed by atoms with E-state index in [1.807, 2.05) is 12.1 Å². The quantitative estimate of drug-likeness (QED) is 0.387. The molecule has 0 aromatic heterocycles. The van der Waals surface area contributed by atoms with Gasteiger partial charge < -0.3 is 4.74 Å². The number of hydrogen-bond acceptors (Lipinski definition) is 2. The fraction of sp³-hybridized carbons (Fsp3) is 0.556. The molecule has 0 saturated heterocycles. The second-order valence-electron chi connectivity index (χ2n) is 9.18. The summed E-state index contributed by atoms with van der Waals surface area (Å²) in [6.45, 7) is 10.4. The molecule has 1 saturated carbocycles. The van der Waals surface area contributed by atoms with Crippen molar-refractivity contribution in [3.05, 3.63) is 59.4 Å². The first kappa shape index (κ1) is 23.0. The van der Waals surface area contributed by atoms with Crippen LogP contribution in [0.4, 0.5) is 4.39 Å². The molecule has 164 valence electrons. The standard InChI is InChI=1S/C27H38FNO/c1-4-16-29(17-15-21(2)3)19-22-9-11-23(12-10-22)24-13-14-25(27(28)18-24)20-30-26-7-5-6-8-26/h9-14,18,21,26H,4-8,15-17,19-20H2,1-3H3. The van der Waals surface area contributed by atoms with Gasteiger partial charge in [-0.2, -0.15) is 0 Å². The van der Waals surface area contributed by atoms with E-state index in [1.165, 1.54) is 31.2 Å². The van der Waals surface area contributed by atoms with Gasteiger partial charge in [0, 0.05) is 12.1 Å². The van der Waals surface area contributed by atoms with Crippen LogP contribution in [0.3, 0.4) is 0 Å². The van der Waals surface area contributed by atoms with Crippen LogP contribution in [-0.2, 0) is 17.9 Å². The van der Waals surface area contributed by atoms with Gasteiger partial charge >= 0.3 is 0 Å². The van der Waals surface area contributed by atoms with E-state index in [4.69, 9.17) is 4.74 Å². The minimum Gasteiger partial charge on any atom is -0.373 e. The first-order valence-electron chi connectivity index (χ1n) is 11.8. The van der Waals surface area contributed by atoms with Crippen LogP contribution < -0.4 is 0 Å². The molecule has 0 spiro atoms. The summed E-state index contributed by atoms with van der Waals surface area (Å²) in [6.07, 6.45) is 7.40. The number of hydrogen-bond donors (Lipinski definition) is 0. The summed E-state index contributed by atoms with van der Waals surface area (Å²) in [5.74, 6) is 0.561. The molecule has 2 aromatic carbocycles. The molecule has 0 aliphatic heterocycles. The number of rotatable bonds is 11. The predicted molar refractivity (Wildman–Crippen MR) is 124 cm³/mol. The number of nitrogens with zero attached hydrogens (tertiary/aromatic N) is 1. The van der Waals surface area contributed by atoms with Gasteiger partial charge in [-0.1, -0.05) is 70.0 Å². The first-order valence-corrected chi connectivity index (χ1v) is 11.8. The van der Waals surface area contributed by atoms with Crippen LogP contribution in [0.1, 0.15) is 70.4 Å². The highest BCUT2D eigenvalue weighted by Crippen LogP contribution is 2.26. The van der Waals surface area contributed by atoms with Crippen LogP contribution in [0.25, 0.3) is 11.1 Å². The van der Waals surface area contributed by atoms with Crippen molar-refractivity contribution < 1.29 is 9.13 Å². The Morgan fingerprint density at radius 2 is 1.70 bits per heavy atom. The predicted octanol–water partition coefficient (Wildman–Crippen LogP) is 7.21. The second-order valence-corrected chi connectivity index (χ2v) is 9.18. The third-order valence-corrected chi connectivity index (χ3v) is 6.09. The van der Waals surface area contributed by atoms with E-state index in [1.54, 1.807) is 6.07 Å². The van der Waals surface area contributed by atoms with E-state index < -0.39 is 0 Å². The van der Waals surface area contributed by atoms with E-state index in [9.17, 15) is 4.39 Å². The molecule has 2 aromatic rings. The smallest absolute Gasteiger partial charge is 0.129 e. The fourth-order valence-corrected chi connectivity index (χ4v) is 4.19. The summed E-state index contributed by atoms with van der Waals surface area (Å²) in [7, 11) is 0. The molecule has 3 rings (SSSR count). The average molecular weight is 412 g/mol. The summed E-state index contributed by atoms with van der Waals surface area (Å²) in [6, 6.07) is 14.1. The van der Waals surface area contributed by atoms with E-state index in [-0.39, 0.29) is 5.82 Å². The summed E-state index contributed by atoms with van der Waals surface area (Å²) >= 11 is 0. The molecule has 2 nitrogen and oxygen atoms in total. The monoisotopic (exact) mass is 411 g/mol. The lowest BCUT2D eigenvalue weighted by Crippen LogP contribution is -2.26. The van der Waals surface area contributed by atoms with Gasteiger partial charge in [0.25, 0.3) is 0 Å². The zero-order chi connectivity index (χ0) is 21.3. The van der Waals surface area contributed by atoms with Gasteiger partial charge in [0.15, 0.2) is 0 Å². The largest absolute Gasteiger partial charge is 0.373 e. The van der Waals surface area contributed by atoms with E-state index in [0.717, 1.165) is 49.5 Å². The first-order chi connectivity index (χ1) is 14.5. The molecule has 0 bridgehead atoms. The van der Waals surface area contributed by atoms with Crippen molar-refractivity contribution in [2.45, 2.75) is 78.6 Å². The highest BCUT2D eigenvalue weighted by Gasteiger charge is 2.16. The van der Waals surface area contributed by atoms with Crippen LogP contribution >= 0.6 is 0 Å². The summed E-state index contributed by atoms with van der Waals surface area (Å²) in [5.41, 5.74) is 3.96. The SMILES string of the molecule is CCCN(CCC(C)C)Cc1ccc(-c2ccc(COC3CCCC3)c(F)c2)cc1.